The van der Waals surface area contributed by atoms with Crippen molar-refractivity contribution in [2.24, 2.45) is 0 Å². The largest absolute Gasteiger partial charge is 0.467 e. The summed E-state index contributed by atoms with van der Waals surface area (Å²) >= 11 is 0. The van der Waals surface area contributed by atoms with Gasteiger partial charge in [-0.05, 0) is 34.2 Å². The van der Waals surface area contributed by atoms with Crippen LogP contribution in [0.3, 0.4) is 0 Å². The van der Waals surface area contributed by atoms with Gasteiger partial charge in [0.25, 0.3) is 0 Å². The first-order valence-electron chi connectivity index (χ1n) is 7.15. The molecule has 1 N–H and O–H groups in total. The molecule has 21 heavy (non-hydrogen) atoms. The van der Waals surface area contributed by atoms with Crippen LogP contribution in [0.5, 0.6) is 0 Å². The number of rotatable bonds is 4. The minimum absolute atomic E-state index is 0.441. The topological polar surface area (TPSA) is 67.9 Å². The number of methoxy groups -OCH3 is 1. The van der Waals surface area contributed by atoms with Crippen LogP contribution in [-0.4, -0.2) is 55.9 Å². The van der Waals surface area contributed by atoms with Crippen molar-refractivity contribution in [3.05, 3.63) is 11.6 Å². The summed E-state index contributed by atoms with van der Waals surface area (Å²) in [6, 6.07) is -0.720. The Labute approximate surface area is 126 Å². The van der Waals surface area contributed by atoms with Gasteiger partial charge in [-0.3, -0.25) is 0 Å². The first-order chi connectivity index (χ1) is 9.71. The van der Waals surface area contributed by atoms with Crippen LogP contribution in [0.4, 0.5) is 4.79 Å². The summed E-state index contributed by atoms with van der Waals surface area (Å²) in [5.74, 6) is -0.463. The van der Waals surface area contributed by atoms with Crippen LogP contribution in [0.2, 0.25) is 0 Å². The third-order valence-corrected chi connectivity index (χ3v) is 3.06. The van der Waals surface area contributed by atoms with Gasteiger partial charge < -0.3 is 19.7 Å². The molecule has 0 aromatic carbocycles. The maximum Gasteiger partial charge on any atom is 0.408 e. The van der Waals surface area contributed by atoms with Crippen LogP contribution in [0, 0.1) is 0 Å². The van der Waals surface area contributed by atoms with Crippen LogP contribution in [0.15, 0.2) is 11.6 Å². The monoisotopic (exact) mass is 298 g/mol. The van der Waals surface area contributed by atoms with Gasteiger partial charge in [-0.2, -0.15) is 0 Å². The smallest absolute Gasteiger partial charge is 0.408 e. The zero-order valence-corrected chi connectivity index (χ0v) is 13.6. The molecule has 0 unspecified atom stereocenters. The second kappa shape index (κ2) is 7.45. The maximum absolute atomic E-state index is 11.8. The van der Waals surface area contributed by atoms with E-state index < -0.39 is 23.7 Å². The van der Waals surface area contributed by atoms with Crippen molar-refractivity contribution in [3.8, 4) is 0 Å². The first kappa shape index (κ1) is 17.5. The van der Waals surface area contributed by atoms with Crippen molar-refractivity contribution in [3.63, 3.8) is 0 Å². The Bertz CT molecular complexity index is 412. The second-order valence-corrected chi connectivity index (χ2v) is 6.31. The zero-order valence-electron chi connectivity index (χ0n) is 13.6. The van der Waals surface area contributed by atoms with E-state index in [1.807, 2.05) is 7.05 Å². The number of carbonyl (C=O) groups excluding carboxylic acids is 2. The van der Waals surface area contributed by atoms with E-state index in [-0.39, 0.29) is 0 Å². The van der Waals surface area contributed by atoms with E-state index in [0.717, 1.165) is 25.1 Å². The van der Waals surface area contributed by atoms with E-state index in [1.54, 1.807) is 20.8 Å². The molecule has 1 amide bonds. The molecule has 1 atom stereocenters. The molecule has 6 heteroatoms. The Morgan fingerprint density at radius 3 is 2.62 bits per heavy atom. The highest BCUT2D eigenvalue weighted by Crippen LogP contribution is 2.15. The molecule has 0 aromatic rings. The number of carbonyl (C=O) groups is 2. The molecule has 0 aromatic heterocycles. The zero-order chi connectivity index (χ0) is 16.0. The fraction of sp³-hybridized carbons (Fsp3) is 0.733. The average molecular weight is 298 g/mol. The van der Waals surface area contributed by atoms with Gasteiger partial charge in [-0.25, -0.2) is 9.59 Å². The lowest BCUT2D eigenvalue weighted by molar-refractivity contribution is -0.143. The Morgan fingerprint density at radius 1 is 1.43 bits per heavy atom. The molecule has 0 saturated heterocycles. The van der Waals surface area contributed by atoms with Crippen molar-refractivity contribution in [2.75, 3.05) is 27.2 Å². The Hall–Kier alpha value is -1.56. The van der Waals surface area contributed by atoms with E-state index in [1.165, 1.54) is 7.11 Å². The quantitative estimate of drug-likeness (QED) is 0.632. The fourth-order valence-electron chi connectivity index (χ4n) is 2.17. The van der Waals surface area contributed by atoms with Gasteiger partial charge in [-0.1, -0.05) is 11.6 Å². The highest BCUT2D eigenvalue weighted by Gasteiger charge is 2.26. The molecule has 0 bridgehead atoms. The van der Waals surface area contributed by atoms with E-state index in [4.69, 9.17) is 9.47 Å². The normalized spacial score (nSPS) is 17.7. The molecule has 6 nitrogen and oxygen atoms in total. The van der Waals surface area contributed by atoms with Crippen LogP contribution < -0.4 is 5.32 Å². The average Bonchev–Trinajstić information content (AvgIpc) is 2.34. The molecule has 0 radical (unpaired) electrons. The van der Waals surface area contributed by atoms with E-state index in [0.29, 0.717) is 6.42 Å². The SMILES string of the molecule is COC(=O)[C@H](CC1=CCCN(C)C1)NC(=O)OC(C)(C)C. The number of esters is 1. The first-order valence-corrected chi connectivity index (χ1v) is 7.15. The van der Waals surface area contributed by atoms with E-state index in [9.17, 15) is 9.59 Å². The molecule has 1 rings (SSSR count). The Morgan fingerprint density at radius 2 is 2.10 bits per heavy atom. The molecule has 1 aliphatic rings. The number of nitrogens with one attached hydrogen (secondary N) is 1. The summed E-state index contributed by atoms with van der Waals surface area (Å²) in [5, 5.41) is 2.59. The van der Waals surface area contributed by atoms with Gasteiger partial charge in [-0.15, -0.1) is 0 Å². The Balaban J connectivity index is 2.66. The summed E-state index contributed by atoms with van der Waals surface area (Å²) in [5.41, 5.74) is 0.518. The third kappa shape index (κ3) is 6.62. The summed E-state index contributed by atoms with van der Waals surface area (Å²) in [4.78, 5) is 25.8. The Kier molecular flexibility index (Phi) is 6.20. The van der Waals surface area contributed by atoms with Crippen molar-refractivity contribution in [1.29, 1.82) is 0 Å². The van der Waals surface area contributed by atoms with Crippen molar-refractivity contribution >= 4 is 12.1 Å². The molecule has 0 saturated carbocycles. The number of amides is 1. The summed E-state index contributed by atoms with van der Waals surface area (Å²) < 4.78 is 9.95. The highest BCUT2D eigenvalue weighted by atomic mass is 16.6. The number of likely N-dealkylation sites (N-methyl/N-ethyl adjacent to an activating group) is 1. The third-order valence-electron chi connectivity index (χ3n) is 3.06. The van der Waals surface area contributed by atoms with Gasteiger partial charge in [0.15, 0.2) is 0 Å². The van der Waals surface area contributed by atoms with E-state index >= 15 is 0 Å². The van der Waals surface area contributed by atoms with Gasteiger partial charge in [0.1, 0.15) is 11.6 Å². The maximum atomic E-state index is 11.8. The number of nitrogens with zero attached hydrogens (tertiary/aromatic N) is 1. The lowest BCUT2D eigenvalue weighted by atomic mass is 10.0. The summed E-state index contributed by atoms with van der Waals surface area (Å²) in [6.45, 7) is 7.13. The lowest BCUT2D eigenvalue weighted by Gasteiger charge is -2.26. The molecular weight excluding hydrogens is 272 g/mol. The predicted molar refractivity (Wildman–Crippen MR) is 80.0 cm³/mol. The molecule has 0 spiro atoms. The summed E-state index contributed by atoms with van der Waals surface area (Å²) in [7, 11) is 3.34. The fourth-order valence-corrected chi connectivity index (χ4v) is 2.17. The van der Waals surface area contributed by atoms with Crippen molar-refractivity contribution in [2.45, 2.75) is 45.3 Å². The van der Waals surface area contributed by atoms with Gasteiger partial charge in [0.05, 0.1) is 7.11 Å². The van der Waals surface area contributed by atoms with Crippen LogP contribution in [-0.2, 0) is 14.3 Å². The molecule has 0 fully saturated rings. The standard InChI is InChI=1S/C15H26N2O4/c1-15(2,3)21-14(19)16-12(13(18)20-5)9-11-7-6-8-17(4)10-11/h7,12H,6,8-10H2,1-5H3,(H,16,19)/t12-/m0/s1. The lowest BCUT2D eigenvalue weighted by Crippen LogP contribution is -2.45. The van der Waals surface area contributed by atoms with Crippen molar-refractivity contribution < 1.29 is 19.1 Å². The minimum Gasteiger partial charge on any atom is -0.467 e. The molecular formula is C15H26N2O4. The molecule has 120 valence electrons. The van der Waals surface area contributed by atoms with Crippen molar-refractivity contribution in [1.82, 2.24) is 10.2 Å². The van der Waals surface area contributed by atoms with Crippen LogP contribution in [0.25, 0.3) is 0 Å². The number of ether oxygens (including phenoxy) is 2. The summed E-state index contributed by atoms with van der Waals surface area (Å²) in [6.07, 6.45) is 2.90. The second-order valence-electron chi connectivity index (χ2n) is 6.31. The van der Waals surface area contributed by atoms with Gasteiger partial charge >= 0.3 is 12.1 Å². The molecule has 1 heterocycles. The number of hydrogen-bond acceptors (Lipinski definition) is 5. The number of alkyl carbamates (subject to hydrolysis) is 1. The van der Waals surface area contributed by atoms with Crippen LogP contribution >= 0.6 is 0 Å². The van der Waals surface area contributed by atoms with Crippen LogP contribution in [0.1, 0.15) is 33.6 Å². The molecule has 0 aliphatic carbocycles. The minimum atomic E-state index is -0.720. The highest BCUT2D eigenvalue weighted by molar-refractivity contribution is 5.81. The van der Waals surface area contributed by atoms with Gasteiger partial charge in [0.2, 0.25) is 0 Å². The van der Waals surface area contributed by atoms with E-state index in [2.05, 4.69) is 16.3 Å². The van der Waals surface area contributed by atoms with Gasteiger partial charge in [0, 0.05) is 19.5 Å². The molecule has 1 aliphatic heterocycles. The number of hydrogen-bond donors (Lipinski definition) is 1. The predicted octanol–water partition coefficient (Wildman–Crippen LogP) is 1.70.